The van der Waals surface area contributed by atoms with Crippen molar-refractivity contribution in [2.75, 3.05) is 20.6 Å². The lowest BCUT2D eigenvalue weighted by Gasteiger charge is -2.37. The molecule has 0 heterocycles. The Morgan fingerprint density at radius 3 is 2.50 bits per heavy atom. The van der Waals surface area contributed by atoms with E-state index in [0.717, 1.165) is 16.0 Å². The Morgan fingerprint density at radius 2 is 2.04 bits per heavy atom. The largest absolute Gasteiger partial charge is 0.397 e. The number of nitrogens with zero attached hydrogens (tertiary/aromatic N) is 1. The molecule has 1 amide bonds. The molecule has 7 heteroatoms. The third-order valence-electron chi connectivity index (χ3n) is 3.97. The van der Waals surface area contributed by atoms with E-state index in [9.17, 15) is 18.0 Å². The van der Waals surface area contributed by atoms with Crippen molar-refractivity contribution in [3.8, 4) is 0 Å². The Labute approximate surface area is 145 Å². The third kappa shape index (κ3) is 5.24. The standard InChI is InChI=1S/C17H22ClF3N2O/c1-5-8-16(22-3,13-6-7-14(18)12(2)9-13)11-23(4)15(24)10-17(19,20)21/h5-7,9,22H,1,8,10-11H2,2-4H3. The zero-order valence-corrected chi connectivity index (χ0v) is 14.8. The Morgan fingerprint density at radius 1 is 1.42 bits per heavy atom. The fraction of sp³-hybridized carbons (Fsp3) is 0.471. The second kappa shape index (κ2) is 8.03. The van der Waals surface area contributed by atoms with E-state index >= 15 is 0 Å². The number of amides is 1. The van der Waals surface area contributed by atoms with Crippen molar-refractivity contribution in [2.45, 2.75) is 31.5 Å². The number of rotatable bonds is 7. The summed E-state index contributed by atoms with van der Waals surface area (Å²) in [6, 6.07) is 5.40. The van der Waals surface area contributed by atoms with Crippen LogP contribution < -0.4 is 5.32 Å². The van der Waals surface area contributed by atoms with Crippen LogP contribution in [0.2, 0.25) is 5.02 Å². The monoisotopic (exact) mass is 362 g/mol. The maximum absolute atomic E-state index is 12.5. The highest BCUT2D eigenvalue weighted by Crippen LogP contribution is 2.30. The van der Waals surface area contributed by atoms with Crippen molar-refractivity contribution in [3.05, 3.63) is 47.0 Å². The highest BCUT2D eigenvalue weighted by Gasteiger charge is 2.36. The van der Waals surface area contributed by atoms with E-state index in [2.05, 4.69) is 11.9 Å². The Bertz CT molecular complexity index is 604. The number of aryl methyl sites for hydroxylation is 1. The first kappa shape index (κ1) is 20.5. The van der Waals surface area contributed by atoms with Crippen LogP contribution in [0.3, 0.4) is 0 Å². The molecule has 1 N–H and O–H groups in total. The number of carbonyl (C=O) groups excluding carboxylic acids is 1. The van der Waals surface area contributed by atoms with Gasteiger partial charge in [0.1, 0.15) is 6.42 Å². The molecular formula is C17H22ClF3N2O. The van der Waals surface area contributed by atoms with Crippen molar-refractivity contribution < 1.29 is 18.0 Å². The summed E-state index contributed by atoms with van der Waals surface area (Å²) in [5.74, 6) is -0.975. The first-order valence-corrected chi connectivity index (χ1v) is 7.79. The zero-order chi connectivity index (χ0) is 18.5. The second-order valence-electron chi connectivity index (χ2n) is 5.83. The molecule has 0 saturated heterocycles. The van der Waals surface area contributed by atoms with Crippen molar-refractivity contribution in [1.82, 2.24) is 10.2 Å². The first-order valence-electron chi connectivity index (χ1n) is 7.42. The number of likely N-dealkylation sites (N-methyl/N-ethyl adjacent to an activating group) is 2. The van der Waals surface area contributed by atoms with Gasteiger partial charge in [0.05, 0.1) is 5.54 Å². The lowest BCUT2D eigenvalue weighted by Crippen LogP contribution is -2.50. The summed E-state index contributed by atoms with van der Waals surface area (Å²) in [5, 5.41) is 3.74. The maximum Gasteiger partial charge on any atom is 0.397 e. The molecule has 0 aliphatic carbocycles. The van der Waals surface area contributed by atoms with Gasteiger partial charge in [0.2, 0.25) is 5.91 Å². The quantitative estimate of drug-likeness (QED) is 0.742. The summed E-state index contributed by atoms with van der Waals surface area (Å²) >= 11 is 6.05. The lowest BCUT2D eigenvalue weighted by atomic mass is 9.85. The summed E-state index contributed by atoms with van der Waals surface area (Å²) in [7, 11) is 3.07. The average molecular weight is 363 g/mol. The number of benzene rings is 1. The SMILES string of the molecule is C=CCC(CN(C)C(=O)CC(F)(F)F)(NC)c1ccc(Cl)c(C)c1. The van der Waals surface area contributed by atoms with Crippen LogP contribution in [0.4, 0.5) is 13.2 Å². The predicted octanol–water partition coefficient (Wildman–Crippen LogP) is 4.05. The van der Waals surface area contributed by atoms with Gasteiger partial charge >= 0.3 is 6.18 Å². The van der Waals surface area contributed by atoms with Gasteiger partial charge in [0.25, 0.3) is 0 Å². The van der Waals surface area contributed by atoms with Crippen molar-refractivity contribution in [1.29, 1.82) is 0 Å². The number of halogens is 4. The molecule has 134 valence electrons. The van der Waals surface area contributed by atoms with E-state index in [0.29, 0.717) is 11.4 Å². The third-order valence-corrected chi connectivity index (χ3v) is 4.39. The molecule has 0 aliphatic rings. The highest BCUT2D eigenvalue weighted by molar-refractivity contribution is 6.31. The van der Waals surface area contributed by atoms with E-state index < -0.39 is 24.0 Å². The number of carbonyl (C=O) groups is 1. The minimum atomic E-state index is -4.52. The Kier molecular flexibility index (Phi) is 6.86. The molecule has 0 aliphatic heterocycles. The van der Waals surface area contributed by atoms with E-state index in [1.165, 1.54) is 7.05 Å². The van der Waals surface area contributed by atoms with E-state index in [4.69, 9.17) is 11.6 Å². The van der Waals surface area contributed by atoms with Gasteiger partial charge in [-0.2, -0.15) is 13.2 Å². The van der Waals surface area contributed by atoms with Crippen molar-refractivity contribution >= 4 is 17.5 Å². The van der Waals surface area contributed by atoms with Crippen LogP contribution in [-0.2, 0) is 10.3 Å². The van der Waals surface area contributed by atoms with Gasteiger partial charge < -0.3 is 10.2 Å². The van der Waals surface area contributed by atoms with Gasteiger partial charge in [-0.1, -0.05) is 29.8 Å². The topological polar surface area (TPSA) is 32.3 Å². The Balaban J connectivity index is 3.13. The molecule has 0 aromatic heterocycles. The highest BCUT2D eigenvalue weighted by atomic mass is 35.5. The van der Waals surface area contributed by atoms with Crippen LogP contribution in [0.15, 0.2) is 30.9 Å². The van der Waals surface area contributed by atoms with E-state index in [1.54, 1.807) is 25.3 Å². The summed E-state index contributed by atoms with van der Waals surface area (Å²) < 4.78 is 37.4. The van der Waals surface area contributed by atoms with Crippen molar-refractivity contribution in [3.63, 3.8) is 0 Å². The average Bonchev–Trinajstić information content (AvgIpc) is 2.47. The van der Waals surface area contributed by atoms with Gasteiger partial charge in [-0.05, 0) is 37.6 Å². The van der Waals surface area contributed by atoms with Crippen LogP contribution >= 0.6 is 11.6 Å². The fourth-order valence-corrected chi connectivity index (χ4v) is 2.70. The van der Waals surface area contributed by atoms with Gasteiger partial charge in [-0.15, -0.1) is 6.58 Å². The van der Waals surface area contributed by atoms with Gasteiger partial charge in [0.15, 0.2) is 0 Å². The number of hydrogen-bond acceptors (Lipinski definition) is 2. The van der Waals surface area contributed by atoms with Crippen molar-refractivity contribution in [2.24, 2.45) is 0 Å². The maximum atomic E-state index is 12.5. The molecule has 1 rings (SSSR count). The van der Waals surface area contributed by atoms with E-state index in [-0.39, 0.29) is 6.54 Å². The van der Waals surface area contributed by atoms with Gasteiger partial charge in [-0.25, -0.2) is 0 Å². The minimum absolute atomic E-state index is 0.0749. The summed E-state index contributed by atoms with van der Waals surface area (Å²) in [6.45, 7) is 5.64. The molecule has 0 spiro atoms. The summed E-state index contributed by atoms with van der Waals surface area (Å²) in [6.07, 6.45) is -3.89. The smallest absolute Gasteiger partial charge is 0.343 e. The number of nitrogens with one attached hydrogen (secondary N) is 1. The zero-order valence-electron chi connectivity index (χ0n) is 14.0. The molecular weight excluding hydrogens is 341 g/mol. The molecule has 24 heavy (non-hydrogen) atoms. The van der Waals surface area contributed by atoms with Gasteiger partial charge in [-0.3, -0.25) is 4.79 Å². The van der Waals surface area contributed by atoms with Crippen LogP contribution in [0.25, 0.3) is 0 Å². The second-order valence-corrected chi connectivity index (χ2v) is 6.24. The molecule has 0 saturated carbocycles. The molecule has 0 radical (unpaired) electrons. The molecule has 1 unspecified atom stereocenters. The Hall–Kier alpha value is -1.53. The molecule has 1 atom stereocenters. The van der Waals surface area contributed by atoms with Crippen LogP contribution in [0.1, 0.15) is 24.0 Å². The number of hydrogen-bond donors (Lipinski definition) is 1. The van der Waals surface area contributed by atoms with Crippen LogP contribution in [0, 0.1) is 6.92 Å². The van der Waals surface area contributed by atoms with Crippen LogP contribution in [-0.4, -0.2) is 37.6 Å². The minimum Gasteiger partial charge on any atom is -0.343 e. The fourth-order valence-electron chi connectivity index (χ4n) is 2.59. The summed E-state index contributed by atoms with van der Waals surface area (Å²) in [5.41, 5.74) is 0.938. The molecule has 1 aromatic rings. The first-order chi connectivity index (χ1) is 11.0. The summed E-state index contributed by atoms with van der Waals surface area (Å²) in [4.78, 5) is 12.9. The van der Waals surface area contributed by atoms with E-state index in [1.807, 2.05) is 13.0 Å². The normalized spacial score (nSPS) is 14.1. The molecule has 0 bridgehead atoms. The predicted molar refractivity (Wildman–Crippen MR) is 90.0 cm³/mol. The lowest BCUT2D eigenvalue weighted by molar-refractivity contribution is -0.161. The molecule has 0 fully saturated rings. The molecule has 3 nitrogen and oxygen atoms in total. The van der Waals surface area contributed by atoms with Gasteiger partial charge in [0, 0.05) is 18.6 Å². The number of alkyl halides is 3. The molecule has 1 aromatic carbocycles. The van der Waals surface area contributed by atoms with Crippen LogP contribution in [0.5, 0.6) is 0 Å².